The molecule has 11 heavy (non-hydrogen) atoms. The molecule has 3 nitrogen and oxygen atoms in total. The molecule has 0 saturated carbocycles. The van der Waals surface area contributed by atoms with E-state index in [1.807, 2.05) is 18.4 Å². The maximum atomic E-state index is 10.3. The van der Waals surface area contributed by atoms with Crippen LogP contribution in [0.4, 0.5) is 0 Å². The number of rotatable bonds is 1. The van der Waals surface area contributed by atoms with Crippen LogP contribution in [0, 0.1) is 0 Å². The van der Waals surface area contributed by atoms with Gasteiger partial charge in [-0.25, -0.2) is 0 Å². The number of dihydropyridines is 1. The Morgan fingerprint density at radius 1 is 1.64 bits per heavy atom. The Hall–Kier alpha value is -1.51. The molecule has 2 aliphatic rings. The van der Waals surface area contributed by atoms with Crippen molar-refractivity contribution in [2.75, 3.05) is 0 Å². The number of carbonyl (C=O) groups excluding carboxylic acids is 1. The molecule has 0 radical (unpaired) electrons. The van der Waals surface area contributed by atoms with Gasteiger partial charge in [0.1, 0.15) is 11.8 Å². The maximum absolute atomic E-state index is 10.3. The molecule has 2 aliphatic heterocycles. The number of allylic oxidation sites excluding steroid dienone is 3. The third kappa shape index (κ3) is 0.941. The smallest absolute Gasteiger partial charge is 0.185 e. The number of fused-ring (bicyclic) bond motifs is 1. The van der Waals surface area contributed by atoms with E-state index in [1.165, 1.54) is 0 Å². The summed E-state index contributed by atoms with van der Waals surface area (Å²) in [6, 6.07) is 0.0557. The molecule has 3 heteroatoms. The van der Waals surface area contributed by atoms with E-state index in [4.69, 9.17) is 4.74 Å². The summed E-state index contributed by atoms with van der Waals surface area (Å²) in [6.07, 6.45) is 7.96. The average Bonchev–Trinajstić information content (AvgIpc) is 2.46. The number of nitrogens with one attached hydrogen (secondary N) is 1. The summed E-state index contributed by atoms with van der Waals surface area (Å²) in [7, 11) is 0. The molecule has 0 amide bonds. The third-order valence-electron chi connectivity index (χ3n) is 1.62. The van der Waals surface area contributed by atoms with Gasteiger partial charge in [-0.2, -0.15) is 0 Å². The van der Waals surface area contributed by atoms with Crippen LogP contribution in [-0.2, 0) is 9.53 Å². The maximum Gasteiger partial charge on any atom is 0.185 e. The van der Waals surface area contributed by atoms with Gasteiger partial charge in [0.15, 0.2) is 12.0 Å². The first-order chi connectivity index (χ1) is 5.40. The van der Waals surface area contributed by atoms with Gasteiger partial charge in [0.05, 0.1) is 0 Å². The number of hydrogen-bond donors (Lipinski definition) is 1. The van der Waals surface area contributed by atoms with Crippen molar-refractivity contribution in [2.45, 2.75) is 6.04 Å². The lowest BCUT2D eigenvalue weighted by Gasteiger charge is -2.12. The van der Waals surface area contributed by atoms with Gasteiger partial charge in [-0.15, -0.1) is 0 Å². The van der Waals surface area contributed by atoms with Gasteiger partial charge in [-0.05, 0) is 24.4 Å². The van der Waals surface area contributed by atoms with Crippen LogP contribution >= 0.6 is 0 Å². The zero-order valence-electron chi connectivity index (χ0n) is 5.78. The number of hydrogen-bond acceptors (Lipinski definition) is 3. The molecule has 0 fully saturated rings. The highest BCUT2D eigenvalue weighted by molar-refractivity contribution is 5.72. The fraction of sp³-hybridized carbons (Fsp3) is 0.125. The summed E-state index contributed by atoms with van der Waals surface area (Å²) in [5.41, 5.74) is 0. The van der Waals surface area contributed by atoms with Crippen LogP contribution in [0.15, 0.2) is 35.9 Å². The summed E-state index contributed by atoms with van der Waals surface area (Å²) in [4.78, 5) is 10.3. The molecule has 0 aromatic carbocycles. The highest BCUT2D eigenvalue weighted by Crippen LogP contribution is 2.21. The van der Waals surface area contributed by atoms with E-state index < -0.39 is 0 Å². The molecule has 2 rings (SSSR count). The van der Waals surface area contributed by atoms with Crippen LogP contribution in [0.5, 0.6) is 0 Å². The van der Waals surface area contributed by atoms with Crippen molar-refractivity contribution in [2.24, 2.45) is 0 Å². The standard InChI is InChI=1S/C8H7NO2/c10-5-6-4-7-8(11-6)2-1-3-9-7/h1-5,7,9H. The highest BCUT2D eigenvalue weighted by Gasteiger charge is 2.22. The van der Waals surface area contributed by atoms with Crippen molar-refractivity contribution in [1.29, 1.82) is 0 Å². The fourth-order valence-corrected chi connectivity index (χ4v) is 1.11. The second-order valence-corrected chi connectivity index (χ2v) is 2.36. The number of carbonyl (C=O) groups is 1. The van der Waals surface area contributed by atoms with Crippen molar-refractivity contribution >= 4 is 6.29 Å². The highest BCUT2D eigenvalue weighted by atomic mass is 16.5. The van der Waals surface area contributed by atoms with Crippen LogP contribution in [0.25, 0.3) is 0 Å². The first-order valence-corrected chi connectivity index (χ1v) is 3.38. The molecule has 0 aromatic heterocycles. The predicted molar refractivity (Wildman–Crippen MR) is 39.4 cm³/mol. The van der Waals surface area contributed by atoms with E-state index in [1.54, 1.807) is 6.08 Å². The largest absolute Gasteiger partial charge is 0.456 e. The van der Waals surface area contributed by atoms with Gasteiger partial charge in [0.2, 0.25) is 0 Å². The van der Waals surface area contributed by atoms with Gasteiger partial charge in [0.25, 0.3) is 0 Å². The summed E-state index contributed by atoms with van der Waals surface area (Å²) in [5, 5.41) is 3.04. The SMILES string of the molecule is O=CC1=CC2NC=CC=C2O1. The minimum absolute atomic E-state index is 0.0557. The predicted octanol–water partition coefficient (Wildman–Crippen LogP) is 0.469. The minimum atomic E-state index is 0.0557. The molecule has 1 atom stereocenters. The van der Waals surface area contributed by atoms with Crippen LogP contribution in [0.1, 0.15) is 0 Å². The van der Waals surface area contributed by atoms with E-state index in [2.05, 4.69) is 5.32 Å². The van der Waals surface area contributed by atoms with Crippen molar-refractivity contribution in [3.05, 3.63) is 35.9 Å². The van der Waals surface area contributed by atoms with E-state index in [9.17, 15) is 4.79 Å². The van der Waals surface area contributed by atoms with Crippen molar-refractivity contribution < 1.29 is 9.53 Å². The Balaban J connectivity index is 2.25. The van der Waals surface area contributed by atoms with Crippen LogP contribution in [-0.4, -0.2) is 12.3 Å². The lowest BCUT2D eigenvalue weighted by Crippen LogP contribution is -2.23. The lowest BCUT2D eigenvalue weighted by molar-refractivity contribution is -0.107. The third-order valence-corrected chi connectivity index (χ3v) is 1.62. The molecule has 1 unspecified atom stereocenters. The van der Waals surface area contributed by atoms with Gasteiger partial charge in [-0.3, -0.25) is 4.79 Å². The summed E-state index contributed by atoms with van der Waals surface area (Å²) < 4.78 is 5.15. The monoisotopic (exact) mass is 149 g/mol. The van der Waals surface area contributed by atoms with E-state index >= 15 is 0 Å². The summed E-state index contributed by atoms with van der Waals surface area (Å²) >= 11 is 0. The quantitative estimate of drug-likeness (QED) is 0.551. The molecule has 0 saturated heterocycles. The molecule has 2 heterocycles. The Labute approximate surface area is 64.0 Å². The Morgan fingerprint density at radius 2 is 2.55 bits per heavy atom. The van der Waals surface area contributed by atoms with Crippen molar-refractivity contribution in [3.63, 3.8) is 0 Å². The second kappa shape index (κ2) is 2.27. The van der Waals surface area contributed by atoms with E-state index in [0.29, 0.717) is 12.0 Å². The Morgan fingerprint density at radius 3 is 3.27 bits per heavy atom. The van der Waals surface area contributed by atoms with Crippen LogP contribution in [0.2, 0.25) is 0 Å². The van der Waals surface area contributed by atoms with E-state index in [-0.39, 0.29) is 6.04 Å². The Kier molecular flexibility index (Phi) is 1.28. The van der Waals surface area contributed by atoms with Crippen molar-refractivity contribution in [3.8, 4) is 0 Å². The topological polar surface area (TPSA) is 38.3 Å². The molecule has 0 spiro atoms. The molecule has 0 aliphatic carbocycles. The van der Waals surface area contributed by atoms with Gasteiger partial charge < -0.3 is 10.1 Å². The molecule has 0 aromatic rings. The first-order valence-electron chi connectivity index (χ1n) is 3.38. The minimum Gasteiger partial charge on any atom is -0.456 e. The van der Waals surface area contributed by atoms with E-state index in [0.717, 1.165) is 5.76 Å². The molecule has 1 N–H and O–H groups in total. The van der Waals surface area contributed by atoms with Gasteiger partial charge in [-0.1, -0.05) is 0 Å². The fourth-order valence-electron chi connectivity index (χ4n) is 1.11. The van der Waals surface area contributed by atoms with Crippen LogP contribution in [0.3, 0.4) is 0 Å². The summed E-state index contributed by atoms with van der Waals surface area (Å²) in [6.45, 7) is 0. The lowest BCUT2D eigenvalue weighted by atomic mass is 10.2. The molecular weight excluding hydrogens is 142 g/mol. The summed E-state index contributed by atoms with van der Waals surface area (Å²) in [5.74, 6) is 1.17. The second-order valence-electron chi connectivity index (χ2n) is 2.36. The first kappa shape index (κ1) is 6.22. The molecular formula is C8H7NO2. The van der Waals surface area contributed by atoms with Gasteiger partial charge in [0, 0.05) is 0 Å². The van der Waals surface area contributed by atoms with Crippen molar-refractivity contribution in [1.82, 2.24) is 5.32 Å². The van der Waals surface area contributed by atoms with Gasteiger partial charge >= 0.3 is 0 Å². The van der Waals surface area contributed by atoms with Crippen LogP contribution < -0.4 is 5.32 Å². The average molecular weight is 149 g/mol. The number of ether oxygens (including phenoxy) is 1. The molecule has 56 valence electrons. The normalized spacial score (nSPS) is 26.0. The zero-order chi connectivity index (χ0) is 7.68. The Bertz CT molecular complexity index is 276. The molecule has 0 bridgehead atoms. The number of aldehydes is 1. The zero-order valence-corrected chi connectivity index (χ0v) is 5.78.